The fraction of sp³-hybridized carbons (Fsp3) is 0.536. The number of aliphatic carboxylic acids is 1. The van der Waals surface area contributed by atoms with Crippen LogP contribution in [0.2, 0.25) is 0 Å². The van der Waals surface area contributed by atoms with Crippen molar-refractivity contribution in [1.29, 1.82) is 0 Å². The molecular weight excluding hydrogens is 455 g/mol. The van der Waals surface area contributed by atoms with Crippen LogP contribution in [0.3, 0.4) is 0 Å². The van der Waals surface area contributed by atoms with E-state index in [9.17, 15) is 14.3 Å². The highest BCUT2D eigenvalue weighted by atomic mass is 35.5. The van der Waals surface area contributed by atoms with E-state index in [1.54, 1.807) is 0 Å². The van der Waals surface area contributed by atoms with Crippen LogP contribution in [0.15, 0.2) is 59.7 Å². The third-order valence-electron chi connectivity index (χ3n) is 7.35. The van der Waals surface area contributed by atoms with Crippen molar-refractivity contribution >= 4 is 17.6 Å². The second kappa shape index (κ2) is 12.1. The van der Waals surface area contributed by atoms with Crippen molar-refractivity contribution < 1.29 is 24.1 Å². The summed E-state index contributed by atoms with van der Waals surface area (Å²) in [6.45, 7) is 4.43. The summed E-state index contributed by atoms with van der Waals surface area (Å²) in [6, 6.07) is 6.76. The summed E-state index contributed by atoms with van der Waals surface area (Å²) < 4.78 is 19.8. The summed E-state index contributed by atoms with van der Waals surface area (Å²) in [6.07, 6.45) is 13.5. The number of aliphatic hydroxyl groups is 1. The van der Waals surface area contributed by atoms with Crippen molar-refractivity contribution in [2.45, 2.75) is 70.0 Å². The van der Waals surface area contributed by atoms with E-state index < -0.39 is 12.1 Å². The van der Waals surface area contributed by atoms with Crippen LogP contribution < -0.4 is 0 Å². The lowest BCUT2D eigenvalue weighted by Gasteiger charge is -2.38. The summed E-state index contributed by atoms with van der Waals surface area (Å²) in [5, 5.41) is 20.2. The molecule has 1 aromatic rings. The fourth-order valence-electron chi connectivity index (χ4n) is 5.35. The molecule has 2 N–H and O–H groups in total. The first kappa shape index (κ1) is 26.7. The Morgan fingerprint density at radius 3 is 2.74 bits per heavy atom. The van der Waals surface area contributed by atoms with E-state index in [4.69, 9.17) is 21.4 Å². The van der Waals surface area contributed by atoms with Gasteiger partial charge in [-0.1, -0.05) is 61.0 Å². The molecule has 1 aliphatic carbocycles. The normalized spacial score (nSPS) is 28.7. The number of rotatable bonds is 12. The summed E-state index contributed by atoms with van der Waals surface area (Å²) in [4.78, 5) is 10.7. The van der Waals surface area contributed by atoms with Gasteiger partial charge in [-0.05, 0) is 68.6 Å². The molecule has 6 atom stereocenters. The molecule has 2 aliphatic rings. The van der Waals surface area contributed by atoms with Crippen LogP contribution in [0.1, 0.15) is 57.9 Å². The minimum absolute atomic E-state index is 0.0445. The minimum Gasteiger partial charge on any atom is -0.481 e. The van der Waals surface area contributed by atoms with Gasteiger partial charge in [-0.25, -0.2) is 4.39 Å². The second-order valence-electron chi connectivity index (χ2n) is 9.77. The zero-order chi connectivity index (χ0) is 24.7. The first-order chi connectivity index (χ1) is 16.2. The molecule has 0 aromatic heterocycles. The number of unbranched alkanes of at least 4 members (excludes halogenated alkanes) is 1. The highest BCUT2D eigenvalue weighted by Crippen LogP contribution is 2.57. The third kappa shape index (κ3) is 6.59. The topological polar surface area (TPSA) is 66.8 Å². The number of hydrogen-bond donors (Lipinski definition) is 2. The van der Waals surface area contributed by atoms with Crippen LogP contribution in [-0.2, 0) is 14.9 Å². The Balaban J connectivity index is 1.77. The van der Waals surface area contributed by atoms with Crippen LogP contribution in [0.5, 0.6) is 0 Å². The van der Waals surface area contributed by atoms with Gasteiger partial charge in [-0.3, -0.25) is 4.79 Å². The number of carbonyl (C=O) groups is 1. The van der Waals surface area contributed by atoms with Crippen molar-refractivity contribution in [1.82, 2.24) is 0 Å². The molecule has 0 radical (unpaired) electrons. The second-order valence-corrected chi connectivity index (χ2v) is 10.4. The predicted molar refractivity (Wildman–Crippen MR) is 133 cm³/mol. The first-order valence-corrected chi connectivity index (χ1v) is 12.5. The van der Waals surface area contributed by atoms with Crippen LogP contribution in [0, 0.1) is 23.6 Å². The molecule has 34 heavy (non-hydrogen) atoms. The molecule has 1 unspecified atom stereocenters. The molecule has 1 aromatic carbocycles. The van der Waals surface area contributed by atoms with E-state index in [-0.39, 0.29) is 41.5 Å². The van der Waals surface area contributed by atoms with E-state index in [1.165, 1.54) is 12.1 Å². The fourth-order valence-corrected chi connectivity index (χ4v) is 5.44. The molecule has 1 heterocycles. The number of allylic oxidation sites excluding steroid dienone is 4. The average molecular weight is 491 g/mol. The van der Waals surface area contributed by atoms with E-state index in [1.807, 2.05) is 38.1 Å². The Labute approximate surface area is 207 Å². The van der Waals surface area contributed by atoms with Crippen LogP contribution >= 0.6 is 11.6 Å². The van der Waals surface area contributed by atoms with E-state index in [0.29, 0.717) is 19.4 Å². The van der Waals surface area contributed by atoms with Gasteiger partial charge in [0.15, 0.2) is 0 Å². The minimum atomic E-state index is -0.774. The maximum Gasteiger partial charge on any atom is 0.303 e. The predicted octanol–water partition coefficient (Wildman–Crippen LogP) is 6.39. The zero-order valence-corrected chi connectivity index (χ0v) is 20.8. The molecule has 1 aliphatic heterocycles. The van der Waals surface area contributed by atoms with Crippen LogP contribution in [-0.4, -0.2) is 35.0 Å². The average Bonchev–Trinajstić information content (AvgIpc) is 3.36. The number of hydrogen-bond acceptors (Lipinski definition) is 3. The number of ether oxygens (including phenoxy) is 1. The van der Waals surface area contributed by atoms with E-state index in [2.05, 4.69) is 18.2 Å². The Hall–Kier alpha value is -1.95. The zero-order valence-electron chi connectivity index (χ0n) is 20.0. The molecule has 1 saturated heterocycles. The van der Waals surface area contributed by atoms with Crippen molar-refractivity contribution in [2.24, 2.45) is 17.8 Å². The van der Waals surface area contributed by atoms with Crippen molar-refractivity contribution in [3.05, 3.63) is 71.1 Å². The molecule has 186 valence electrons. The summed E-state index contributed by atoms with van der Waals surface area (Å²) in [5.41, 5.74) is 0.890. The molecule has 0 amide bonds. The standard InChI is InChI=1S/C28H36ClFO4/c1-19(9-10-20(2)29)25(31)16-15-23-24(7-5-3-4-6-8-27(32)33)28(17-26(23)34-18-28)21-11-13-22(30)14-12-21/h3,5,10-16,19,23-26,31H,4,6-9,17-18H2,1-2H3,(H,32,33)/t19?,23-,24-,25+,26-,28-/m0/s1. The van der Waals surface area contributed by atoms with Gasteiger partial charge in [-0.2, -0.15) is 0 Å². The lowest BCUT2D eigenvalue weighted by molar-refractivity contribution is -0.137. The monoisotopic (exact) mass is 490 g/mol. The molecule has 2 fully saturated rings. The SMILES string of the molecule is CC(Cl)=CCC(C)[C@H](O)C=C[C@@H]1[C@@H]2C[C@@](c3ccc(F)cc3)(CO2)[C@H]1CC=CCCCC(=O)O. The number of fused-ring (bicyclic) bond motifs is 2. The van der Waals surface area contributed by atoms with E-state index >= 15 is 0 Å². The summed E-state index contributed by atoms with van der Waals surface area (Å²) in [5.74, 6) is -0.601. The van der Waals surface area contributed by atoms with Gasteiger partial charge < -0.3 is 14.9 Å². The first-order valence-electron chi connectivity index (χ1n) is 12.2. The summed E-state index contributed by atoms with van der Waals surface area (Å²) in [7, 11) is 0. The smallest absolute Gasteiger partial charge is 0.303 e. The molecule has 6 heteroatoms. The van der Waals surface area contributed by atoms with Gasteiger partial charge in [0, 0.05) is 22.8 Å². The van der Waals surface area contributed by atoms with Gasteiger partial charge >= 0.3 is 5.97 Å². The lowest BCUT2D eigenvalue weighted by Crippen LogP contribution is -2.39. The van der Waals surface area contributed by atoms with Crippen LogP contribution in [0.4, 0.5) is 4.39 Å². The molecule has 2 bridgehead atoms. The lowest BCUT2D eigenvalue weighted by atomic mass is 9.69. The van der Waals surface area contributed by atoms with Gasteiger partial charge in [-0.15, -0.1) is 0 Å². The number of carboxylic acid groups (broad SMARTS) is 1. The number of halogens is 2. The van der Waals surface area contributed by atoms with Gasteiger partial charge in [0.25, 0.3) is 0 Å². The van der Waals surface area contributed by atoms with Crippen molar-refractivity contribution in [3.63, 3.8) is 0 Å². The van der Waals surface area contributed by atoms with Gasteiger partial charge in [0.2, 0.25) is 0 Å². The van der Waals surface area contributed by atoms with Crippen LogP contribution in [0.25, 0.3) is 0 Å². The third-order valence-corrected chi connectivity index (χ3v) is 7.50. The molecule has 4 nitrogen and oxygen atoms in total. The Morgan fingerprint density at radius 1 is 1.32 bits per heavy atom. The molecular formula is C28H36ClFO4. The van der Waals surface area contributed by atoms with Crippen molar-refractivity contribution in [3.8, 4) is 0 Å². The number of benzene rings is 1. The highest BCUT2D eigenvalue weighted by molar-refractivity contribution is 6.29. The largest absolute Gasteiger partial charge is 0.481 e. The quantitative estimate of drug-likeness (QED) is 0.263. The Morgan fingerprint density at radius 2 is 2.06 bits per heavy atom. The molecule has 0 spiro atoms. The molecule has 1 saturated carbocycles. The number of carboxylic acids is 1. The number of aliphatic hydroxyl groups excluding tert-OH is 1. The highest BCUT2D eigenvalue weighted by Gasteiger charge is 2.58. The Kier molecular flexibility index (Phi) is 9.52. The van der Waals surface area contributed by atoms with Gasteiger partial charge in [0.05, 0.1) is 18.8 Å². The molecule has 3 rings (SSSR count). The maximum atomic E-state index is 13.6. The van der Waals surface area contributed by atoms with Gasteiger partial charge in [0.1, 0.15) is 5.82 Å². The summed E-state index contributed by atoms with van der Waals surface area (Å²) >= 11 is 5.93. The van der Waals surface area contributed by atoms with E-state index in [0.717, 1.165) is 29.9 Å². The van der Waals surface area contributed by atoms with Crippen molar-refractivity contribution in [2.75, 3.05) is 6.61 Å². The maximum absolute atomic E-state index is 13.6. The Bertz CT molecular complexity index is 905.